The quantitative estimate of drug-likeness (QED) is 0.610. The van der Waals surface area contributed by atoms with Crippen molar-refractivity contribution in [1.29, 1.82) is 0 Å². The van der Waals surface area contributed by atoms with Crippen molar-refractivity contribution in [2.75, 3.05) is 19.1 Å². The van der Waals surface area contributed by atoms with Crippen LogP contribution in [-0.2, 0) is 4.79 Å². The first kappa shape index (κ1) is 14.9. The van der Waals surface area contributed by atoms with Crippen LogP contribution in [0.2, 0.25) is 0 Å². The highest BCUT2D eigenvalue weighted by atomic mass is 35.5. The highest BCUT2D eigenvalue weighted by Crippen LogP contribution is 2.00. The summed E-state index contributed by atoms with van der Waals surface area (Å²) in [6, 6.07) is -0.171. The van der Waals surface area contributed by atoms with Crippen LogP contribution in [0.4, 0.5) is 0 Å². The summed E-state index contributed by atoms with van der Waals surface area (Å²) in [6.45, 7) is 0. The maximum absolute atomic E-state index is 11.0. The average Bonchev–Trinajstić information content (AvgIpc) is 2.05. The molecule has 0 saturated heterocycles. The first-order valence-corrected chi connectivity index (χ1v) is 5.20. The average molecular weight is 231 g/mol. The van der Waals surface area contributed by atoms with Crippen LogP contribution in [0.3, 0.4) is 0 Å². The molecule has 0 bridgehead atoms. The zero-order valence-corrected chi connectivity index (χ0v) is 9.69. The zero-order chi connectivity index (χ0) is 8.69. The van der Waals surface area contributed by atoms with Crippen LogP contribution in [0.1, 0.15) is 6.42 Å². The van der Waals surface area contributed by atoms with Gasteiger partial charge in [0.2, 0.25) is 5.91 Å². The van der Waals surface area contributed by atoms with Crippen molar-refractivity contribution < 1.29 is 4.79 Å². The molecule has 0 unspecified atom stereocenters. The van der Waals surface area contributed by atoms with Crippen LogP contribution in [-0.4, -0.2) is 31.0 Å². The van der Waals surface area contributed by atoms with Gasteiger partial charge >= 0.3 is 0 Å². The van der Waals surface area contributed by atoms with Crippen molar-refractivity contribution in [3.8, 4) is 0 Å². The van der Waals surface area contributed by atoms with E-state index >= 15 is 0 Å². The Labute approximate surface area is 89.4 Å². The number of thioether (sulfide) groups is 1. The number of hydrogen-bond acceptors (Lipinski definition) is 4. The Morgan fingerprint density at radius 1 is 1.67 bits per heavy atom. The predicted octanol–water partition coefficient (Wildman–Crippen LogP) is 0.710. The van der Waals surface area contributed by atoms with Crippen molar-refractivity contribution in [3.63, 3.8) is 0 Å². The fraction of sp³-hybridized carbons (Fsp3) is 0.833. The molecule has 3 nitrogen and oxygen atoms in total. The third kappa shape index (κ3) is 5.99. The summed E-state index contributed by atoms with van der Waals surface area (Å²) >= 11 is 5.58. The summed E-state index contributed by atoms with van der Waals surface area (Å²) < 4.78 is 2.66. The van der Waals surface area contributed by atoms with Gasteiger partial charge in [0.25, 0.3) is 0 Å². The molecule has 0 spiro atoms. The van der Waals surface area contributed by atoms with E-state index in [0.717, 1.165) is 12.2 Å². The Kier molecular flexibility index (Phi) is 11.8. The Bertz CT molecular complexity index is 126. The summed E-state index contributed by atoms with van der Waals surface area (Å²) in [6.07, 6.45) is 2.82. The maximum Gasteiger partial charge on any atom is 0.237 e. The Morgan fingerprint density at radius 3 is 2.58 bits per heavy atom. The Hall–Kier alpha value is 0.420. The molecule has 0 heterocycles. The van der Waals surface area contributed by atoms with E-state index in [2.05, 4.69) is 22.9 Å². The van der Waals surface area contributed by atoms with Crippen molar-refractivity contribution in [2.45, 2.75) is 12.5 Å². The van der Waals surface area contributed by atoms with Gasteiger partial charge in [-0.3, -0.25) is 9.52 Å². The summed E-state index contributed by atoms with van der Waals surface area (Å²) in [5.41, 5.74) is 0. The number of thiol groups is 1. The second kappa shape index (κ2) is 9.51. The largest absolute Gasteiger partial charge is 0.358 e. The van der Waals surface area contributed by atoms with Gasteiger partial charge in [0.15, 0.2) is 0 Å². The number of carbonyl (C=O) groups excluding carboxylic acids is 1. The third-order valence-electron chi connectivity index (χ3n) is 1.33. The molecule has 12 heavy (non-hydrogen) atoms. The number of nitrogens with one attached hydrogen (secondary N) is 2. The lowest BCUT2D eigenvalue weighted by molar-refractivity contribution is -0.122. The van der Waals surface area contributed by atoms with Gasteiger partial charge in [-0.1, -0.05) is 12.8 Å². The van der Waals surface area contributed by atoms with Crippen LogP contribution in [0.25, 0.3) is 0 Å². The topological polar surface area (TPSA) is 41.1 Å². The minimum atomic E-state index is -0.171. The molecule has 0 aromatic rings. The lowest BCUT2D eigenvalue weighted by Gasteiger charge is -2.12. The molecule has 1 atom stereocenters. The highest BCUT2D eigenvalue weighted by molar-refractivity contribution is 7.98. The van der Waals surface area contributed by atoms with Gasteiger partial charge < -0.3 is 5.32 Å². The van der Waals surface area contributed by atoms with Crippen LogP contribution < -0.4 is 10.0 Å². The zero-order valence-electron chi connectivity index (χ0n) is 7.16. The molecule has 0 aliphatic rings. The molecular formula is C6H15ClN2OS2. The molecule has 0 aromatic heterocycles. The second-order valence-corrected chi connectivity index (χ2v) is 3.32. The standard InChI is InChI=1S/C6H14N2OS2.ClH/c1-7-6(9)5(8-10)3-4-11-2;/h5,8,10H,3-4H2,1-2H3,(H,7,9);1H/t5-;/m0./s1. The normalized spacial score (nSPS) is 11.6. The molecule has 0 aliphatic carbocycles. The summed E-state index contributed by atoms with van der Waals surface area (Å²) in [4.78, 5) is 11.0. The molecule has 0 aromatic carbocycles. The molecule has 0 fully saturated rings. The molecule has 6 heteroatoms. The molecule has 1 amide bonds. The lowest BCUT2D eigenvalue weighted by atomic mass is 10.2. The van der Waals surface area contributed by atoms with Gasteiger partial charge in [-0.05, 0) is 18.4 Å². The van der Waals surface area contributed by atoms with E-state index in [-0.39, 0.29) is 24.4 Å². The number of carbonyl (C=O) groups is 1. The van der Waals surface area contributed by atoms with E-state index in [1.54, 1.807) is 18.8 Å². The van der Waals surface area contributed by atoms with Crippen LogP contribution in [0.15, 0.2) is 0 Å². The van der Waals surface area contributed by atoms with E-state index < -0.39 is 0 Å². The predicted molar refractivity (Wildman–Crippen MR) is 60.2 cm³/mol. The second-order valence-electron chi connectivity index (χ2n) is 2.08. The van der Waals surface area contributed by atoms with Gasteiger partial charge in [-0.25, -0.2) is 0 Å². The van der Waals surface area contributed by atoms with Gasteiger partial charge in [0, 0.05) is 7.05 Å². The van der Waals surface area contributed by atoms with Gasteiger partial charge in [0.05, 0.1) is 6.04 Å². The van der Waals surface area contributed by atoms with Crippen molar-refractivity contribution in [2.24, 2.45) is 0 Å². The molecule has 0 radical (unpaired) electrons. The smallest absolute Gasteiger partial charge is 0.237 e. The first-order chi connectivity index (χ1) is 5.26. The molecule has 0 saturated carbocycles. The van der Waals surface area contributed by atoms with Crippen molar-refractivity contribution in [1.82, 2.24) is 10.0 Å². The number of hydrogen-bond donors (Lipinski definition) is 3. The number of halogens is 1. The molecular weight excluding hydrogens is 216 g/mol. The van der Waals surface area contributed by atoms with E-state index in [1.807, 2.05) is 6.26 Å². The van der Waals surface area contributed by atoms with E-state index in [4.69, 9.17) is 0 Å². The van der Waals surface area contributed by atoms with Crippen LogP contribution in [0, 0.1) is 0 Å². The Morgan fingerprint density at radius 2 is 2.25 bits per heavy atom. The van der Waals surface area contributed by atoms with Crippen molar-refractivity contribution >= 4 is 42.9 Å². The summed E-state index contributed by atoms with van der Waals surface area (Å²) in [7, 11) is 1.62. The Balaban J connectivity index is 0. The van der Waals surface area contributed by atoms with Crippen molar-refractivity contribution in [3.05, 3.63) is 0 Å². The molecule has 0 aliphatic heterocycles. The number of amides is 1. The SMILES string of the molecule is CNC(=O)[C@H](CCSC)NS.Cl. The fourth-order valence-corrected chi connectivity index (χ4v) is 1.38. The molecule has 74 valence electrons. The third-order valence-corrected chi connectivity index (χ3v) is 2.29. The van der Waals surface area contributed by atoms with Crippen LogP contribution in [0.5, 0.6) is 0 Å². The van der Waals surface area contributed by atoms with Gasteiger partial charge in [-0.2, -0.15) is 11.8 Å². The first-order valence-electron chi connectivity index (χ1n) is 3.36. The maximum atomic E-state index is 11.0. The number of likely N-dealkylation sites (N-methyl/N-ethyl adjacent to an activating group) is 1. The molecule has 0 rings (SSSR count). The molecule has 2 N–H and O–H groups in total. The van der Waals surface area contributed by atoms with E-state index in [1.165, 1.54) is 0 Å². The highest BCUT2D eigenvalue weighted by Gasteiger charge is 2.13. The van der Waals surface area contributed by atoms with E-state index in [9.17, 15) is 4.79 Å². The minimum Gasteiger partial charge on any atom is -0.358 e. The summed E-state index contributed by atoms with van der Waals surface area (Å²) in [5.74, 6) is 0.958. The monoisotopic (exact) mass is 230 g/mol. The fourth-order valence-electron chi connectivity index (χ4n) is 0.664. The minimum absolute atomic E-state index is 0. The number of rotatable bonds is 5. The lowest BCUT2D eigenvalue weighted by Crippen LogP contribution is -2.39. The van der Waals surface area contributed by atoms with E-state index in [0.29, 0.717) is 0 Å². The van der Waals surface area contributed by atoms with Crippen LogP contribution >= 0.6 is 37.0 Å². The van der Waals surface area contributed by atoms with Gasteiger partial charge in [-0.15, -0.1) is 12.4 Å². The summed E-state index contributed by atoms with van der Waals surface area (Å²) in [5, 5.41) is 2.57. The van der Waals surface area contributed by atoms with Gasteiger partial charge in [0.1, 0.15) is 0 Å².